The molecule has 4 rings (SSSR count). The van der Waals surface area contributed by atoms with E-state index in [0.29, 0.717) is 16.8 Å². The summed E-state index contributed by atoms with van der Waals surface area (Å²) in [7, 11) is 0. The van der Waals surface area contributed by atoms with E-state index >= 15 is 0 Å². The van der Waals surface area contributed by atoms with Gasteiger partial charge in [-0.1, -0.05) is 41.5 Å². The van der Waals surface area contributed by atoms with Crippen LogP contribution in [-0.4, -0.2) is 71.4 Å². The fourth-order valence-electron chi connectivity index (χ4n) is 4.43. The summed E-state index contributed by atoms with van der Waals surface area (Å²) in [6.07, 6.45) is -0.523. The maximum absolute atomic E-state index is 13.3. The summed E-state index contributed by atoms with van der Waals surface area (Å²) in [6, 6.07) is -3.02. The highest BCUT2D eigenvalue weighted by Gasteiger charge is 2.41. The minimum Gasteiger partial charge on any atom is -0.477 e. The third kappa shape index (κ3) is 5.63. The topological polar surface area (TPSA) is 143 Å². The number of rotatable bonds is 3. The third-order valence-electron chi connectivity index (χ3n) is 6.70. The van der Waals surface area contributed by atoms with E-state index in [0.717, 1.165) is 0 Å². The number of carbonyl (C=O) groups is 3. The molecule has 1 aromatic heterocycles. The van der Waals surface area contributed by atoms with Crippen molar-refractivity contribution >= 4 is 40.9 Å². The van der Waals surface area contributed by atoms with E-state index in [1.54, 1.807) is 12.3 Å². The second-order valence-corrected chi connectivity index (χ2v) is 11.6. The Labute approximate surface area is 220 Å². The lowest BCUT2D eigenvalue weighted by Gasteiger charge is -2.23. The average molecular weight is 533 g/mol. The zero-order valence-electron chi connectivity index (χ0n) is 22.3. The first-order chi connectivity index (χ1) is 17.5. The van der Waals surface area contributed by atoms with Crippen LogP contribution in [-0.2, 0) is 19.1 Å². The van der Waals surface area contributed by atoms with Crippen molar-refractivity contribution in [3.8, 4) is 0 Å². The van der Waals surface area contributed by atoms with Gasteiger partial charge in [0.15, 0.2) is 12.1 Å². The molecule has 3 aliphatic heterocycles. The first kappa shape index (κ1) is 27.0. The lowest BCUT2D eigenvalue weighted by molar-refractivity contribution is -0.124. The molecule has 3 N–H and O–H groups in total. The lowest BCUT2D eigenvalue weighted by atomic mass is 10.0. The predicted octanol–water partition coefficient (Wildman–Crippen LogP) is 1.85. The van der Waals surface area contributed by atoms with E-state index in [1.165, 1.54) is 11.3 Å². The molecule has 0 saturated carbocycles. The Kier molecular flexibility index (Phi) is 7.86. The molecule has 3 aliphatic rings. The van der Waals surface area contributed by atoms with Gasteiger partial charge >= 0.3 is 0 Å². The average Bonchev–Trinajstić information content (AvgIpc) is 3.57. The number of fused-ring (bicyclic) bond motifs is 4. The minimum absolute atomic E-state index is 0.0214. The van der Waals surface area contributed by atoms with E-state index in [9.17, 15) is 14.4 Å². The van der Waals surface area contributed by atoms with Gasteiger partial charge in [-0.05, 0) is 24.7 Å². The molecule has 0 fully saturated rings. The van der Waals surface area contributed by atoms with Gasteiger partial charge in [0.05, 0.1) is 6.04 Å². The Morgan fingerprint density at radius 2 is 1.49 bits per heavy atom. The SMILES string of the molecule is CC(C)[C@@H]1NC(=O)[C@H]2N=C(O[C@@H]2C)[C@H](C(C)C)NC(=O)c2csc(n2)[C@H](C(C)C)NC(=O)[C@@H]2COC1=N2. The number of hydrogen-bond acceptors (Lipinski definition) is 9. The number of nitrogens with zero attached hydrogens (tertiary/aromatic N) is 3. The van der Waals surface area contributed by atoms with Gasteiger partial charge in [-0.15, -0.1) is 11.3 Å². The summed E-state index contributed by atoms with van der Waals surface area (Å²) in [5.41, 5.74) is 0.247. The Bertz CT molecular complexity index is 1110. The highest BCUT2D eigenvalue weighted by atomic mass is 32.1. The van der Waals surface area contributed by atoms with Crippen molar-refractivity contribution in [3.63, 3.8) is 0 Å². The van der Waals surface area contributed by atoms with Crippen LogP contribution in [0.25, 0.3) is 0 Å². The van der Waals surface area contributed by atoms with Gasteiger partial charge in [-0.25, -0.2) is 15.0 Å². The molecule has 202 valence electrons. The molecular formula is C25H36N6O5S. The van der Waals surface area contributed by atoms with Gasteiger partial charge in [0.25, 0.3) is 5.91 Å². The summed E-state index contributed by atoms with van der Waals surface area (Å²) >= 11 is 1.32. The van der Waals surface area contributed by atoms with E-state index in [2.05, 4.69) is 30.9 Å². The van der Waals surface area contributed by atoms with Crippen LogP contribution in [0, 0.1) is 17.8 Å². The first-order valence-electron chi connectivity index (χ1n) is 12.8. The Hall–Kier alpha value is -3.02. The molecular weight excluding hydrogens is 496 g/mol. The second kappa shape index (κ2) is 10.8. The molecule has 37 heavy (non-hydrogen) atoms. The van der Waals surface area contributed by atoms with Gasteiger partial charge in [0.1, 0.15) is 35.5 Å². The van der Waals surface area contributed by atoms with E-state index < -0.39 is 36.3 Å². The number of aliphatic imine (C=N–C) groups is 2. The van der Waals surface area contributed by atoms with Crippen LogP contribution in [0.3, 0.4) is 0 Å². The third-order valence-corrected chi connectivity index (χ3v) is 7.62. The number of aromatic nitrogens is 1. The van der Waals surface area contributed by atoms with Gasteiger partial charge in [0.2, 0.25) is 23.6 Å². The normalized spacial score (nSPS) is 30.6. The number of nitrogens with one attached hydrogen (secondary N) is 3. The van der Waals surface area contributed by atoms with Crippen LogP contribution in [0.5, 0.6) is 0 Å². The molecule has 3 amide bonds. The maximum Gasteiger partial charge on any atom is 0.271 e. The second-order valence-electron chi connectivity index (χ2n) is 10.8. The van der Waals surface area contributed by atoms with Crippen molar-refractivity contribution in [1.29, 1.82) is 0 Å². The smallest absolute Gasteiger partial charge is 0.271 e. The highest BCUT2D eigenvalue weighted by molar-refractivity contribution is 7.09. The van der Waals surface area contributed by atoms with Crippen LogP contribution in [0.2, 0.25) is 0 Å². The Morgan fingerprint density at radius 3 is 2.14 bits per heavy atom. The lowest BCUT2D eigenvalue weighted by Crippen LogP contribution is -2.49. The molecule has 4 heterocycles. The molecule has 11 nitrogen and oxygen atoms in total. The van der Waals surface area contributed by atoms with Crippen molar-refractivity contribution in [3.05, 3.63) is 16.1 Å². The van der Waals surface area contributed by atoms with Crippen LogP contribution >= 0.6 is 11.3 Å². The molecule has 12 heteroatoms. The van der Waals surface area contributed by atoms with E-state index in [1.807, 2.05) is 41.5 Å². The number of ether oxygens (including phenoxy) is 2. The van der Waals surface area contributed by atoms with Gasteiger partial charge < -0.3 is 25.4 Å². The van der Waals surface area contributed by atoms with Gasteiger partial charge in [-0.3, -0.25) is 14.4 Å². The monoisotopic (exact) mass is 532 g/mol. The molecule has 1 aromatic rings. The Morgan fingerprint density at radius 1 is 0.865 bits per heavy atom. The van der Waals surface area contributed by atoms with Crippen LogP contribution in [0.15, 0.2) is 15.4 Å². The largest absolute Gasteiger partial charge is 0.477 e. The van der Waals surface area contributed by atoms with Gasteiger partial charge in [-0.2, -0.15) is 0 Å². The molecule has 0 aromatic carbocycles. The summed E-state index contributed by atoms with van der Waals surface area (Å²) in [5, 5.41) is 11.3. The fraction of sp³-hybridized carbons (Fsp3) is 0.680. The van der Waals surface area contributed by atoms with Crippen molar-refractivity contribution in [1.82, 2.24) is 20.9 Å². The standard InChI is InChI=1S/C25H36N6O5S/c1-10(2)16-23-26-14(8-35-23)20(32)30-18(12(5)6)25-27-15(9-37-25)21(33)28-17(11(3)4)24-31-19(13(7)36-24)22(34)29-16/h9-14,16-19H,8H2,1-7H3,(H,28,33)(H,29,34)(H,30,32)/t13-,14+,16+,17+,18+,19+/m1/s1. The molecule has 0 aliphatic carbocycles. The summed E-state index contributed by atoms with van der Waals surface area (Å²) in [6.45, 7) is 13.6. The zero-order valence-corrected chi connectivity index (χ0v) is 23.1. The molecule has 6 bridgehead atoms. The van der Waals surface area contributed by atoms with E-state index in [4.69, 9.17) is 9.47 Å². The Balaban J connectivity index is 1.74. The van der Waals surface area contributed by atoms with Crippen LogP contribution in [0.1, 0.15) is 70.0 Å². The quantitative estimate of drug-likeness (QED) is 0.542. The summed E-state index contributed by atoms with van der Waals surface area (Å²) in [5.74, 6) is -0.438. The number of hydrogen-bond donors (Lipinski definition) is 3. The van der Waals surface area contributed by atoms with Crippen molar-refractivity contribution in [2.75, 3.05) is 6.61 Å². The molecule has 0 radical (unpaired) electrons. The van der Waals surface area contributed by atoms with Crippen molar-refractivity contribution in [2.24, 2.45) is 27.7 Å². The van der Waals surface area contributed by atoms with Crippen LogP contribution < -0.4 is 16.0 Å². The zero-order chi connectivity index (χ0) is 27.0. The molecule has 0 spiro atoms. The van der Waals surface area contributed by atoms with Crippen LogP contribution in [0.4, 0.5) is 0 Å². The van der Waals surface area contributed by atoms with Crippen molar-refractivity contribution < 1.29 is 23.9 Å². The number of carbonyl (C=O) groups excluding carboxylic acids is 3. The van der Waals surface area contributed by atoms with Gasteiger partial charge in [0, 0.05) is 5.38 Å². The van der Waals surface area contributed by atoms with E-state index in [-0.39, 0.29) is 47.8 Å². The molecule has 0 unspecified atom stereocenters. The predicted molar refractivity (Wildman–Crippen MR) is 140 cm³/mol. The summed E-state index contributed by atoms with van der Waals surface area (Å²) < 4.78 is 11.8. The highest BCUT2D eigenvalue weighted by Crippen LogP contribution is 2.27. The number of thiazole rings is 1. The first-order valence-corrected chi connectivity index (χ1v) is 13.7. The summed E-state index contributed by atoms with van der Waals surface area (Å²) in [4.78, 5) is 53.2. The maximum atomic E-state index is 13.3. The van der Waals surface area contributed by atoms with Crippen molar-refractivity contribution in [2.45, 2.75) is 84.8 Å². The molecule has 0 saturated heterocycles. The minimum atomic E-state index is -0.799. The molecule has 6 atom stereocenters. The number of amides is 3. The fourth-order valence-corrected chi connectivity index (χ4v) is 5.45.